The molecule has 0 aliphatic heterocycles. The lowest BCUT2D eigenvalue weighted by Crippen LogP contribution is -2.40. The molecule has 2 saturated carbocycles. The van der Waals surface area contributed by atoms with E-state index < -0.39 is 0 Å². The third-order valence-corrected chi connectivity index (χ3v) is 6.58. The fourth-order valence-electron chi connectivity index (χ4n) is 3.99. The van der Waals surface area contributed by atoms with Gasteiger partial charge in [0.05, 0.1) is 5.69 Å². The number of carbonyl (C=O) groups is 2. The standard InChI is InChI=1S/C19H19BrN2O2S/c20-15-6-4-11(5-7-15)16-10-25-19(21-16)22-18(24)14-8-12-2-1-3-13(9-14)17(12)23/h4-7,10,12-14H,1-3,8-9H2,(H,21,22,24). The first kappa shape index (κ1) is 16.9. The predicted molar refractivity (Wildman–Crippen MR) is 102 cm³/mol. The SMILES string of the molecule is O=C(Nc1nc(-c2ccc(Br)cc2)cs1)C1CC2CCCC(C1)C2=O. The molecule has 2 unspecified atom stereocenters. The summed E-state index contributed by atoms with van der Waals surface area (Å²) in [7, 11) is 0. The lowest BCUT2D eigenvalue weighted by molar-refractivity contribution is -0.136. The Kier molecular flexibility index (Phi) is 4.73. The Morgan fingerprint density at radius 1 is 1.16 bits per heavy atom. The number of rotatable bonds is 3. The van der Waals surface area contributed by atoms with Crippen LogP contribution in [-0.2, 0) is 9.59 Å². The van der Waals surface area contributed by atoms with E-state index in [9.17, 15) is 9.59 Å². The van der Waals surface area contributed by atoms with Gasteiger partial charge in [-0.1, -0.05) is 34.5 Å². The molecule has 25 heavy (non-hydrogen) atoms. The second kappa shape index (κ2) is 7.00. The van der Waals surface area contributed by atoms with Gasteiger partial charge in [-0.05, 0) is 37.8 Å². The van der Waals surface area contributed by atoms with Crippen LogP contribution in [0.3, 0.4) is 0 Å². The zero-order valence-electron chi connectivity index (χ0n) is 13.7. The molecule has 1 N–H and O–H groups in total. The van der Waals surface area contributed by atoms with Crippen LogP contribution in [0.4, 0.5) is 5.13 Å². The van der Waals surface area contributed by atoms with Crippen LogP contribution in [0.25, 0.3) is 11.3 Å². The minimum atomic E-state index is -0.0620. The molecule has 2 aliphatic carbocycles. The Hall–Kier alpha value is -1.53. The summed E-state index contributed by atoms with van der Waals surface area (Å²) >= 11 is 4.87. The van der Waals surface area contributed by atoms with Gasteiger partial charge in [0.2, 0.25) is 5.91 Å². The number of ketones is 1. The number of thiazole rings is 1. The van der Waals surface area contributed by atoms with Gasteiger partial charge in [0.25, 0.3) is 0 Å². The smallest absolute Gasteiger partial charge is 0.229 e. The maximum Gasteiger partial charge on any atom is 0.229 e. The van der Waals surface area contributed by atoms with Crippen LogP contribution in [0.2, 0.25) is 0 Å². The number of halogens is 1. The van der Waals surface area contributed by atoms with Crippen molar-refractivity contribution in [3.8, 4) is 11.3 Å². The van der Waals surface area contributed by atoms with Crippen molar-refractivity contribution in [2.45, 2.75) is 32.1 Å². The summed E-state index contributed by atoms with van der Waals surface area (Å²) in [5, 5.41) is 5.55. The molecule has 4 rings (SSSR count). The Balaban J connectivity index is 1.43. The summed E-state index contributed by atoms with van der Waals surface area (Å²) in [5.74, 6) is 0.534. The van der Waals surface area contributed by atoms with E-state index in [1.807, 2.05) is 29.6 Å². The Morgan fingerprint density at radius 3 is 2.52 bits per heavy atom. The number of carbonyl (C=O) groups excluding carboxylic acids is 2. The van der Waals surface area contributed by atoms with E-state index in [1.54, 1.807) is 0 Å². The third kappa shape index (κ3) is 3.55. The first-order chi connectivity index (χ1) is 12.1. The van der Waals surface area contributed by atoms with Gasteiger partial charge in [0, 0.05) is 33.2 Å². The summed E-state index contributed by atoms with van der Waals surface area (Å²) in [6.45, 7) is 0. The highest BCUT2D eigenvalue weighted by molar-refractivity contribution is 9.10. The van der Waals surface area contributed by atoms with E-state index in [1.165, 1.54) is 11.3 Å². The van der Waals surface area contributed by atoms with E-state index in [2.05, 4.69) is 26.2 Å². The molecule has 2 fully saturated rings. The number of fused-ring (bicyclic) bond motifs is 2. The summed E-state index contributed by atoms with van der Waals surface area (Å²) in [6.07, 6.45) is 4.42. The number of nitrogens with zero attached hydrogens (tertiary/aromatic N) is 1. The van der Waals surface area contributed by atoms with Gasteiger partial charge >= 0.3 is 0 Å². The topological polar surface area (TPSA) is 59.1 Å². The van der Waals surface area contributed by atoms with Crippen molar-refractivity contribution < 1.29 is 9.59 Å². The number of Topliss-reactive ketones (excluding diaryl/α,β-unsaturated/α-hetero) is 1. The third-order valence-electron chi connectivity index (χ3n) is 5.29. The van der Waals surface area contributed by atoms with E-state index >= 15 is 0 Å². The average Bonchev–Trinajstić information content (AvgIpc) is 3.03. The largest absolute Gasteiger partial charge is 0.302 e. The Labute approximate surface area is 159 Å². The normalized spacial score (nSPS) is 25.6. The first-order valence-electron chi connectivity index (χ1n) is 8.66. The van der Waals surface area contributed by atoms with Crippen molar-refractivity contribution >= 4 is 44.1 Å². The van der Waals surface area contributed by atoms with Crippen molar-refractivity contribution in [3.05, 3.63) is 34.1 Å². The summed E-state index contributed by atoms with van der Waals surface area (Å²) in [6, 6.07) is 7.95. The quantitative estimate of drug-likeness (QED) is 0.770. The summed E-state index contributed by atoms with van der Waals surface area (Å²) in [5.41, 5.74) is 1.89. The number of aromatic nitrogens is 1. The number of amides is 1. The molecule has 2 bridgehead atoms. The van der Waals surface area contributed by atoms with Crippen molar-refractivity contribution in [2.75, 3.05) is 5.32 Å². The van der Waals surface area contributed by atoms with Gasteiger partial charge in [-0.15, -0.1) is 11.3 Å². The first-order valence-corrected chi connectivity index (χ1v) is 10.3. The van der Waals surface area contributed by atoms with Gasteiger partial charge in [0.15, 0.2) is 5.13 Å². The van der Waals surface area contributed by atoms with Gasteiger partial charge in [-0.25, -0.2) is 4.98 Å². The van der Waals surface area contributed by atoms with E-state index in [0.29, 0.717) is 23.8 Å². The van der Waals surface area contributed by atoms with Crippen LogP contribution in [-0.4, -0.2) is 16.7 Å². The summed E-state index contributed by atoms with van der Waals surface area (Å²) in [4.78, 5) is 29.3. The molecule has 1 amide bonds. The average molecular weight is 419 g/mol. The van der Waals surface area contributed by atoms with Crippen LogP contribution in [0.15, 0.2) is 34.1 Å². The molecule has 1 aromatic carbocycles. The predicted octanol–water partition coefficient (Wildman–Crippen LogP) is 4.91. The summed E-state index contributed by atoms with van der Waals surface area (Å²) < 4.78 is 1.03. The molecule has 4 nitrogen and oxygen atoms in total. The highest BCUT2D eigenvalue weighted by atomic mass is 79.9. The molecule has 0 spiro atoms. The minimum Gasteiger partial charge on any atom is -0.302 e. The van der Waals surface area contributed by atoms with Crippen molar-refractivity contribution in [3.63, 3.8) is 0 Å². The molecular formula is C19H19BrN2O2S. The van der Waals surface area contributed by atoms with Crippen molar-refractivity contribution in [1.29, 1.82) is 0 Å². The van der Waals surface area contributed by atoms with Crippen LogP contribution in [0.5, 0.6) is 0 Å². The Morgan fingerprint density at radius 2 is 1.84 bits per heavy atom. The zero-order valence-corrected chi connectivity index (χ0v) is 16.1. The van der Waals surface area contributed by atoms with Crippen LogP contribution < -0.4 is 5.32 Å². The molecular weight excluding hydrogens is 400 g/mol. The second-order valence-electron chi connectivity index (χ2n) is 6.93. The highest BCUT2D eigenvalue weighted by Crippen LogP contribution is 2.40. The lowest BCUT2D eigenvalue weighted by Gasteiger charge is -2.36. The van der Waals surface area contributed by atoms with Gasteiger partial charge in [-0.3, -0.25) is 9.59 Å². The molecule has 130 valence electrons. The Bertz CT molecular complexity index is 786. The molecule has 1 heterocycles. The van der Waals surface area contributed by atoms with Gasteiger partial charge < -0.3 is 5.32 Å². The van der Waals surface area contributed by atoms with Crippen LogP contribution >= 0.6 is 27.3 Å². The minimum absolute atomic E-state index is 0.0149. The van der Waals surface area contributed by atoms with Gasteiger partial charge in [0.1, 0.15) is 5.78 Å². The van der Waals surface area contributed by atoms with Crippen molar-refractivity contribution in [1.82, 2.24) is 4.98 Å². The maximum absolute atomic E-state index is 12.6. The maximum atomic E-state index is 12.6. The van der Waals surface area contributed by atoms with Crippen LogP contribution in [0.1, 0.15) is 32.1 Å². The van der Waals surface area contributed by atoms with Gasteiger partial charge in [-0.2, -0.15) is 0 Å². The van der Waals surface area contributed by atoms with Crippen molar-refractivity contribution in [2.24, 2.45) is 17.8 Å². The molecule has 1 aromatic heterocycles. The number of anilines is 1. The number of nitrogens with one attached hydrogen (secondary N) is 1. The number of benzene rings is 1. The monoisotopic (exact) mass is 418 g/mol. The van der Waals surface area contributed by atoms with E-state index in [0.717, 1.165) is 35.0 Å². The molecule has 6 heteroatoms. The molecule has 0 saturated heterocycles. The highest BCUT2D eigenvalue weighted by Gasteiger charge is 2.41. The van der Waals surface area contributed by atoms with E-state index in [4.69, 9.17) is 0 Å². The molecule has 2 aromatic rings. The number of hydrogen-bond donors (Lipinski definition) is 1. The molecule has 2 atom stereocenters. The fourth-order valence-corrected chi connectivity index (χ4v) is 4.97. The number of hydrogen-bond acceptors (Lipinski definition) is 4. The molecule has 2 aliphatic rings. The second-order valence-corrected chi connectivity index (χ2v) is 8.70. The lowest BCUT2D eigenvalue weighted by atomic mass is 9.67. The fraction of sp³-hybridized carbons (Fsp3) is 0.421. The zero-order chi connectivity index (χ0) is 17.4. The molecule has 0 radical (unpaired) electrons. The van der Waals surface area contributed by atoms with Crippen LogP contribution in [0, 0.1) is 17.8 Å². The van der Waals surface area contributed by atoms with E-state index in [-0.39, 0.29) is 23.7 Å².